The van der Waals surface area contributed by atoms with Crippen molar-refractivity contribution in [2.24, 2.45) is 0 Å². The van der Waals surface area contributed by atoms with E-state index < -0.39 is 5.54 Å². The Morgan fingerprint density at radius 3 is 2.55 bits per heavy atom. The zero-order chi connectivity index (χ0) is 14.3. The molecule has 5 nitrogen and oxygen atoms in total. The van der Waals surface area contributed by atoms with Crippen LogP contribution in [0.3, 0.4) is 0 Å². The largest absolute Gasteiger partial charge is 0.379 e. The van der Waals surface area contributed by atoms with Crippen LogP contribution < -0.4 is 5.32 Å². The van der Waals surface area contributed by atoms with Gasteiger partial charge < -0.3 is 15.0 Å². The number of hydrogen-bond donors (Lipinski definition) is 1. The molecular weight excluding hydrogens is 256 g/mol. The Kier molecular flexibility index (Phi) is 3.48. The summed E-state index contributed by atoms with van der Waals surface area (Å²) in [6.07, 6.45) is 6.67. The van der Waals surface area contributed by atoms with Gasteiger partial charge in [-0.05, 0) is 39.0 Å². The van der Waals surface area contributed by atoms with E-state index >= 15 is 0 Å². The van der Waals surface area contributed by atoms with Gasteiger partial charge in [0.25, 0.3) is 0 Å². The van der Waals surface area contributed by atoms with E-state index in [0.29, 0.717) is 0 Å². The van der Waals surface area contributed by atoms with E-state index in [4.69, 9.17) is 4.74 Å². The molecule has 0 aromatic carbocycles. The monoisotopic (exact) mass is 280 g/mol. The summed E-state index contributed by atoms with van der Waals surface area (Å²) < 4.78 is 5.53. The normalized spacial score (nSPS) is 36.7. The number of carbonyl (C=O) groups is 2. The van der Waals surface area contributed by atoms with E-state index in [1.54, 1.807) is 7.11 Å². The molecule has 0 aromatic heterocycles. The number of hydrogen-bond acceptors (Lipinski definition) is 3. The highest BCUT2D eigenvalue weighted by atomic mass is 16.5. The van der Waals surface area contributed by atoms with Crippen LogP contribution in [0.1, 0.15) is 51.9 Å². The van der Waals surface area contributed by atoms with Crippen molar-refractivity contribution in [2.45, 2.75) is 75.6 Å². The third-order valence-electron chi connectivity index (χ3n) is 5.34. The molecule has 3 rings (SSSR count). The van der Waals surface area contributed by atoms with Crippen molar-refractivity contribution in [3.63, 3.8) is 0 Å². The molecule has 112 valence electrons. The first-order valence-corrected chi connectivity index (χ1v) is 7.77. The van der Waals surface area contributed by atoms with Gasteiger partial charge in [0.15, 0.2) is 0 Å². The fraction of sp³-hybridized carbons (Fsp3) is 0.867. The van der Waals surface area contributed by atoms with E-state index in [9.17, 15) is 9.59 Å². The van der Waals surface area contributed by atoms with Crippen LogP contribution in [0.15, 0.2) is 0 Å². The van der Waals surface area contributed by atoms with Crippen LogP contribution in [0.25, 0.3) is 0 Å². The molecule has 1 spiro atoms. The van der Waals surface area contributed by atoms with Crippen LogP contribution >= 0.6 is 0 Å². The summed E-state index contributed by atoms with van der Waals surface area (Å²) in [5.74, 6) is 0.115. The summed E-state index contributed by atoms with van der Waals surface area (Å²) >= 11 is 0. The molecule has 2 aliphatic carbocycles. The Morgan fingerprint density at radius 2 is 1.90 bits per heavy atom. The molecule has 1 N–H and O–H groups in total. The maximum atomic E-state index is 13.0. The Morgan fingerprint density at radius 1 is 1.20 bits per heavy atom. The lowest BCUT2D eigenvalue weighted by molar-refractivity contribution is -0.159. The number of ether oxygens (including phenoxy) is 1. The van der Waals surface area contributed by atoms with Gasteiger partial charge in [-0.3, -0.25) is 9.59 Å². The molecule has 1 saturated heterocycles. The second-order valence-corrected chi connectivity index (χ2v) is 6.44. The molecule has 1 heterocycles. The van der Waals surface area contributed by atoms with Crippen LogP contribution in [-0.4, -0.2) is 47.6 Å². The molecule has 5 heteroatoms. The zero-order valence-corrected chi connectivity index (χ0v) is 12.4. The number of amides is 2. The summed E-state index contributed by atoms with van der Waals surface area (Å²) in [4.78, 5) is 27.2. The van der Waals surface area contributed by atoms with E-state index in [1.807, 2.05) is 11.8 Å². The maximum absolute atomic E-state index is 13.0. The lowest BCUT2D eigenvalue weighted by atomic mass is 9.89. The number of carbonyl (C=O) groups excluding carboxylic acids is 2. The highest BCUT2D eigenvalue weighted by Crippen LogP contribution is 2.38. The standard InChI is InChI=1S/C15H24N2O3/c1-10-13(18)16-15(8-3-4-9-15)14(19)17(10)11-6-5-7-12(11)20-2/h10-12H,3-9H2,1-2H3,(H,16,18). The predicted octanol–water partition coefficient (Wildman–Crippen LogP) is 1.21. The molecule has 1 aliphatic heterocycles. The van der Waals surface area contributed by atoms with Gasteiger partial charge in [0.2, 0.25) is 11.8 Å². The molecular formula is C15H24N2O3. The SMILES string of the molecule is COC1CCCC1N1C(=O)C2(CCCC2)NC(=O)C1C. The lowest BCUT2D eigenvalue weighted by Gasteiger charge is -2.47. The smallest absolute Gasteiger partial charge is 0.249 e. The van der Waals surface area contributed by atoms with Gasteiger partial charge in [-0.2, -0.15) is 0 Å². The van der Waals surface area contributed by atoms with Crippen LogP contribution in [-0.2, 0) is 14.3 Å². The van der Waals surface area contributed by atoms with E-state index in [0.717, 1.165) is 44.9 Å². The van der Waals surface area contributed by atoms with Gasteiger partial charge >= 0.3 is 0 Å². The van der Waals surface area contributed by atoms with Gasteiger partial charge in [-0.1, -0.05) is 12.8 Å². The third-order valence-corrected chi connectivity index (χ3v) is 5.34. The highest BCUT2D eigenvalue weighted by molar-refractivity contribution is 6.00. The quantitative estimate of drug-likeness (QED) is 0.827. The topological polar surface area (TPSA) is 58.6 Å². The average Bonchev–Trinajstić information content (AvgIpc) is 3.07. The van der Waals surface area contributed by atoms with E-state index in [2.05, 4.69) is 5.32 Å². The molecule has 20 heavy (non-hydrogen) atoms. The Hall–Kier alpha value is -1.10. The fourth-order valence-corrected chi connectivity index (χ4v) is 4.20. The average molecular weight is 280 g/mol. The summed E-state index contributed by atoms with van der Waals surface area (Å²) in [6, 6.07) is -0.319. The van der Waals surface area contributed by atoms with Crippen LogP contribution in [0, 0.1) is 0 Å². The Balaban J connectivity index is 1.90. The van der Waals surface area contributed by atoms with Crippen LogP contribution in [0.4, 0.5) is 0 Å². The minimum atomic E-state index is -0.621. The van der Waals surface area contributed by atoms with Crippen molar-refractivity contribution < 1.29 is 14.3 Å². The first-order chi connectivity index (χ1) is 9.59. The summed E-state index contributed by atoms with van der Waals surface area (Å²) in [5, 5.41) is 3.01. The minimum absolute atomic E-state index is 0.00625. The molecule has 3 aliphatic rings. The van der Waals surface area contributed by atoms with E-state index in [1.165, 1.54) is 0 Å². The molecule has 3 fully saturated rings. The predicted molar refractivity (Wildman–Crippen MR) is 74.1 cm³/mol. The minimum Gasteiger partial charge on any atom is -0.379 e. The third kappa shape index (κ3) is 1.94. The highest BCUT2D eigenvalue weighted by Gasteiger charge is 2.53. The van der Waals surface area contributed by atoms with Crippen molar-refractivity contribution in [1.82, 2.24) is 10.2 Å². The van der Waals surface area contributed by atoms with E-state index in [-0.39, 0.29) is 30.0 Å². The Labute approximate surface area is 120 Å². The molecule has 0 radical (unpaired) electrons. The van der Waals surface area contributed by atoms with Crippen molar-refractivity contribution in [1.29, 1.82) is 0 Å². The number of methoxy groups -OCH3 is 1. The zero-order valence-electron chi connectivity index (χ0n) is 12.4. The second kappa shape index (κ2) is 5.02. The van der Waals surface area contributed by atoms with Gasteiger partial charge in [-0.25, -0.2) is 0 Å². The number of nitrogens with one attached hydrogen (secondary N) is 1. The van der Waals surface area contributed by atoms with Crippen LogP contribution in [0.5, 0.6) is 0 Å². The number of rotatable bonds is 2. The van der Waals surface area contributed by atoms with Gasteiger partial charge in [0.1, 0.15) is 11.6 Å². The number of piperazine rings is 1. The van der Waals surface area contributed by atoms with Crippen molar-refractivity contribution >= 4 is 11.8 Å². The number of nitrogens with zero attached hydrogens (tertiary/aromatic N) is 1. The van der Waals surface area contributed by atoms with Crippen molar-refractivity contribution in [3.05, 3.63) is 0 Å². The molecule has 2 amide bonds. The van der Waals surface area contributed by atoms with Crippen molar-refractivity contribution in [2.75, 3.05) is 7.11 Å². The van der Waals surface area contributed by atoms with Gasteiger partial charge in [0, 0.05) is 7.11 Å². The second-order valence-electron chi connectivity index (χ2n) is 6.44. The van der Waals surface area contributed by atoms with Gasteiger partial charge in [0.05, 0.1) is 12.1 Å². The maximum Gasteiger partial charge on any atom is 0.249 e. The molecule has 2 saturated carbocycles. The van der Waals surface area contributed by atoms with Crippen molar-refractivity contribution in [3.8, 4) is 0 Å². The molecule has 3 atom stereocenters. The first kappa shape index (κ1) is 13.9. The van der Waals surface area contributed by atoms with Gasteiger partial charge in [-0.15, -0.1) is 0 Å². The summed E-state index contributed by atoms with van der Waals surface area (Å²) in [7, 11) is 1.70. The Bertz CT molecular complexity index is 417. The summed E-state index contributed by atoms with van der Waals surface area (Å²) in [6.45, 7) is 1.83. The summed E-state index contributed by atoms with van der Waals surface area (Å²) in [5.41, 5.74) is -0.621. The first-order valence-electron chi connectivity index (χ1n) is 7.77. The van der Waals surface area contributed by atoms with Crippen LogP contribution in [0.2, 0.25) is 0 Å². The molecule has 3 unspecified atom stereocenters. The molecule has 0 aromatic rings. The fourth-order valence-electron chi connectivity index (χ4n) is 4.20. The lowest BCUT2D eigenvalue weighted by Crippen LogP contribution is -2.71. The molecule has 0 bridgehead atoms.